The van der Waals surface area contributed by atoms with Gasteiger partial charge in [0.1, 0.15) is 6.04 Å². The van der Waals surface area contributed by atoms with E-state index in [1.807, 2.05) is 0 Å². The molecule has 9 nitrogen and oxygen atoms in total. The molecule has 0 spiro atoms. The standard InChI is InChI=1S/C26H30F2N4O5/c27-21-7-4-8-22(28)26(21)37-20-13-25(36)32(29-14-20)23(11-17-5-2-1-3-6-17)24(35)12-18-9-10-31(30-18)15-19(34)16-33/h4,7-10,13-14,17,19,23,33-34H,1-3,5-6,11-12,15-16H2/t19-,23-/m1/s1. The summed E-state index contributed by atoms with van der Waals surface area (Å²) in [6.45, 7) is -0.323. The molecule has 0 amide bonds. The van der Waals surface area contributed by atoms with Crippen molar-refractivity contribution >= 4 is 5.78 Å². The molecule has 2 aromatic heterocycles. The quantitative estimate of drug-likeness (QED) is 0.402. The Kier molecular flexibility index (Phi) is 8.78. The third-order valence-electron chi connectivity index (χ3n) is 6.55. The number of carbonyl (C=O) groups is 1. The third-order valence-corrected chi connectivity index (χ3v) is 6.55. The van der Waals surface area contributed by atoms with Crippen molar-refractivity contribution in [1.82, 2.24) is 19.6 Å². The van der Waals surface area contributed by atoms with Crippen LogP contribution < -0.4 is 10.3 Å². The maximum Gasteiger partial charge on any atom is 0.271 e. The van der Waals surface area contributed by atoms with Gasteiger partial charge in [-0.15, -0.1) is 0 Å². The molecule has 0 saturated heterocycles. The van der Waals surface area contributed by atoms with Gasteiger partial charge in [0.05, 0.1) is 37.6 Å². The number of ether oxygens (including phenoxy) is 1. The Morgan fingerprint density at radius 1 is 1.16 bits per heavy atom. The zero-order valence-corrected chi connectivity index (χ0v) is 20.3. The molecule has 1 saturated carbocycles. The van der Waals surface area contributed by atoms with E-state index in [9.17, 15) is 23.5 Å². The number of Topliss-reactive ketones (excluding diaryl/α,β-unsaturated/α-hetero) is 1. The molecule has 3 aromatic rings. The fraction of sp³-hybridized carbons (Fsp3) is 0.462. The number of carbonyl (C=O) groups excluding carboxylic acids is 1. The van der Waals surface area contributed by atoms with Crippen molar-refractivity contribution in [2.75, 3.05) is 6.61 Å². The number of ketones is 1. The van der Waals surface area contributed by atoms with Gasteiger partial charge in [0.2, 0.25) is 0 Å². The van der Waals surface area contributed by atoms with Crippen LogP contribution in [0.4, 0.5) is 8.78 Å². The molecule has 37 heavy (non-hydrogen) atoms. The minimum Gasteiger partial charge on any atom is -0.449 e. The van der Waals surface area contributed by atoms with E-state index in [4.69, 9.17) is 9.84 Å². The number of nitrogens with zero attached hydrogens (tertiary/aromatic N) is 4. The number of aliphatic hydroxyl groups is 2. The zero-order valence-electron chi connectivity index (χ0n) is 20.3. The second-order valence-electron chi connectivity index (χ2n) is 9.39. The molecule has 1 aromatic carbocycles. The lowest BCUT2D eigenvalue weighted by atomic mass is 9.83. The van der Waals surface area contributed by atoms with Crippen LogP contribution >= 0.6 is 0 Å². The van der Waals surface area contributed by atoms with Crippen molar-refractivity contribution in [2.45, 2.75) is 63.6 Å². The summed E-state index contributed by atoms with van der Waals surface area (Å²) in [5.74, 6) is -2.60. The predicted molar refractivity (Wildman–Crippen MR) is 129 cm³/mol. The van der Waals surface area contributed by atoms with E-state index in [2.05, 4.69) is 10.2 Å². The smallest absolute Gasteiger partial charge is 0.271 e. The Bertz CT molecular complexity index is 1250. The lowest BCUT2D eigenvalue weighted by molar-refractivity contribution is -0.122. The summed E-state index contributed by atoms with van der Waals surface area (Å²) in [7, 11) is 0. The number of rotatable bonds is 11. The van der Waals surface area contributed by atoms with E-state index in [0.29, 0.717) is 12.1 Å². The van der Waals surface area contributed by atoms with Crippen LogP contribution in [0.5, 0.6) is 11.5 Å². The summed E-state index contributed by atoms with van der Waals surface area (Å²) in [5, 5.41) is 27.1. The number of para-hydroxylation sites is 1. The summed E-state index contributed by atoms with van der Waals surface area (Å²) in [6.07, 6.45) is 7.38. The third kappa shape index (κ3) is 6.86. The van der Waals surface area contributed by atoms with Gasteiger partial charge < -0.3 is 14.9 Å². The molecule has 0 bridgehead atoms. The van der Waals surface area contributed by atoms with Crippen LogP contribution in [-0.2, 0) is 17.8 Å². The summed E-state index contributed by atoms with van der Waals surface area (Å²) in [6, 6.07) is 5.15. The second-order valence-corrected chi connectivity index (χ2v) is 9.39. The van der Waals surface area contributed by atoms with Gasteiger partial charge in [-0.1, -0.05) is 38.2 Å². The maximum atomic E-state index is 14.0. The van der Waals surface area contributed by atoms with Crippen molar-refractivity contribution in [2.24, 2.45) is 5.92 Å². The fourth-order valence-corrected chi connectivity index (χ4v) is 4.66. The summed E-state index contributed by atoms with van der Waals surface area (Å²) in [4.78, 5) is 26.4. The molecule has 2 N–H and O–H groups in total. The van der Waals surface area contributed by atoms with Gasteiger partial charge in [-0.05, 0) is 30.5 Å². The van der Waals surface area contributed by atoms with E-state index in [1.54, 1.807) is 12.3 Å². The van der Waals surface area contributed by atoms with Crippen molar-refractivity contribution < 1.29 is 28.5 Å². The Morgan fingerprint density at radius 3 is 2.57 bits per heavy atom. The lowest BCUT2D eigenvalue weighted by Crippen LogP contribution is -2.34. The number of aromatic nitrogens is 4. The van der Waals surface area contributed by atoms with Crippen LogP contribution in [0.2, 0.25) is 0 Å². The average molecular weight is 517 g/mol. The maximum absolute atomic E-state index is 14.0. The minimum atomic E-state index is -0.969. The number of hydrogen-bond donors (Lipinski definition) is 2. The minimum absolute atomic E-state index is 0.0492. The molecule has 1 aliphatic rings. The molecule has 1 aliphatic carbocycles. The first-order valence-electron chi connectivity index (χ1n) is 12.4. The Morgan fingerprint density at radius 2 is 1.89 bits per heavy atom. The summed E-state index contributed by atoms with van der Waals surface area (Å²) >= 11 is 0. The average Bonchev–Trinajstić information content (AvgIpc) is 3.32. The second kappa shape index (κ2) is 12.2. The highest BCUT2D eigenvalue weighted by Gasteiger charge is 2.28. The highest BCUT2D eigenvalue weighted by molar-refractivity contribution is 5.84. The van der Waals surface area contributed by atoms with E-state index in [0.717, 1.165) is 55.0 Å². The first-order chi connectivity index (χ1) is 17.8. The Hall–Kier alpha value is -3.44. The SMILES string of the molecule is O=C(Cc1ccn(C[C@@H](O)CO)n1)[C@@H](CC1CCCCC1)n1ncc(Oc2c(F)cccc2F)cc1=O. The Balaban J connectivity index is 1.56. The molecule has 4 rings (SSSR count). The molecule has 11 heteroatoms. The molecular formula is C26H30F2N4O5. The highest BCUT2D eigenvalue weighted by atomic mass is 19.1. The van der Waals surface area contributed by atoms with Gasteiger partial charge in [0.15, 0.2) is 28.9 Å². The van der Waals surface area contributed by atoms with Crippen LogP contribution in [0.3, 0.4) is 0 Å². The van der Waals surface area contributed by atoms with Crippen LogP contribution in [0.15, 0.2) is 47.5 Å². The van der Waals surface area contributed by atoms with Crippen LogP contribution in [0.1, 0.15) is 50.3 Å². The monoisotopic (exact) mass is 516 g/mol. The fourth-order valence-electron chi connectivity index (χ4n) is 4.66. The van der Waals surface area contributed by atoms with Crippen molar-refractivity contribution in [1.29, 1.82) is 0 Å². The van der Waals surface area contributed by atoms with E-state index in [-0.39, 0.29) is 30.4 Å². The van der Waals surface area contributed by atoms with Crippen LogP contribution in [0.25, 0.3) is 0 Å². The Labute approximate surface area is 212 Å². The molecule has 0 unspecified atom stereocenters. The number of benzene rings is 1. The first-order valence-corrected chi connectivity index (χ1v) is 12.4. The molecule has 0 radical (unpaired) electrons. The zero-order chi connectivity index (χ0) is 26.4. The number of hydrogen-bond acceptors (Lipinski definition) is 7. The predicted octanol–water partition coefficient (Wildman–Crippen LogP) is 3.19. The molecule has 1 fully saturated rings. The van der Waals surface area contributed by atoms with Gasteiger partial charge in [-0.2, -0.15) is 10.2 Å². The van der Waals surface area contributed by atoms with Gasteiger partial charge in [0.25, 0.3) is 5.56 Å². The molecule has 2 heterocycles. The normalized spacial score (nSPS) is 15.9. The van der Waals surface area contributed by atoms with E-state index < -0.39 is 41.7 Å². The largest absolute Gasteiger partial charge is 0.449 e. The first kappa shape index (κ1) is 26.6. The van der Waals surface area contributed by atoms with Crippen molar-refractivity contribution in [3.8, 4) is 11.5 Å². The van der Waals surface area contributed by atoms with Crippen molar-refractivity contribution in [3.63, 3.8) is 0 Å². The molecule has 0 aliphatic heterocycles. The lowest BCUT2D eigenvalue weighted by Gasteiger charge is -2.26. The highest BCUT2D eigenvalue weighted by Crippen LogP contribution is 2.31. The van der Waals surface area contributed by atoms with Crippen LogP contribution in [-0.4, -0.2) is 48.3 Å². The number of halogens is 2. The summed E-state index contributed by atoms with van der Waals surface area (Å²) in [5.41, 5.74) is -0.160. The topological polar surface area (TPSA) is 119 Å². The molecular weight excluding hydrogens is 486 g/mol. The van der Waals surface area contributed by atoms with Gasteiger partial charge >= 0.3 is 0 Å². The van der Waals surface area contributed by atoms with Crippen LogP contribution in [0, 0.1) is 17.6 Å². The van der Waals surface area contributed by atoms with E-state index in [1.165, 1.54) is 16.9 Å². The number of aliphatic hydroxyl groups excluding tert-OH is 2. The van der Waals surface area contributed by atoms with Crippen molar-refractivity contribution in [3.05, 3.63) is 70.4 Å². The van der Waals surface area contributed by atoms with E-state index >= 15 is 0 Å². The molecule has 198 valence electrons. The van der Waals surface area contributed by atoms with Gasteiger partial charge in [0, 0.05) is 12.3 Å². The summed E-state index contributed by atoms with van der Waals surface area (Å²) < 4.78 is 35.7. The molecule has 2 atom stereocenters. The van der Waals surface area contributed by atoms with Gasteiger partial charge in [-0.25, -0.2) is 13.5 Å². The van der Waals surface area contributed by atoms with Gasteiger partial charge in [-0.3, -0.25) is 14.3 Å².